The second-order valence-electron chi connectivity index (χ2n) is 5.20. The molecule has 0 saturated carbocycles. The van der Waals surface area contributed by atoms with Crippen molar-refractivity contribution in [2.45, 2.75) is 18.9 Å². The Morgan fingerprint density at radius 1 is 1.14 bits per heavy atom. The zero-order chi connectivity index (χ0) is 15.5. The molecule has 1 aliphatic heterocycles. The van der Waals surface area contributed by atoms with Crippen molar-refractivity contribution in [1.29, 1.82) is 0 Å². The van der Waals surface area contributed by atoms with Crippen LogP contribution in [-0.2, 0) is 16.1 Å². The fraction of sp³-hybridized carbons (Fsp3) is 0.176. The van der Waals surface area contributed by atoms with Crippen LogP contribution in [0.1, 0.15) is 23.5 Å². The summed E-state index contributed by atoms with van der Waals surface area (Å²) in [6.07, 6.45) is 0.0529. The summed E-state index contributed by atoms with van der Waals surface area (Å²) < 4.78 is 13.5. The number of para-hydroxylation sites is 1. The molecule has 0 spiro atoms. The van der Waals surface area contributed by atoms with Gasteiger partial charge in [-0.05, 0) is 17.7 Å². The first-order valence-corrected chi connectivity index (χ1v) is 7.05. The van der Waals surface area contributed by atoms with Gasteiger partial charge in [0, 0.05) is 24.2 Å². The van der Waals surface area contributed by atoms with E-state index in [1.54, 1.807) is 18.2 Å². The van der Waals surface area contributed by atoms with Crippen molar-refractivity contribution >= 4 is 17.5 Å². The van der Waals surface area contributed by atoms with Crippen molar-refractivity contribution in [3.63, 3.8) is 0 Å². The maximum Gasteiger partial charge on any atom is 0.232 e. The number of fused-ring (bicyclic) bond motifs is 1. The molecule has 0 radical (unpaired) electrons. The van der Waals surface area contributed by atoms with Gasteiger partial charge in [0.25, 0.3) is 0 Å². The molecule has 4 nitrogen and oxygen atoms in total. The van der Waals surface area contributed by atoms with Gasteiger partial charge in [-0.15, -0.1) is 0 Å². The summed E-state index contributed by atoms with van der Waals surface area (Å²) in [4.78, 5) is 24.0. The Bertz CT molecular complexity index is 730. The number of anilines is 1. The predicted octanol–water partition coefficient (Wildman–Crippen LogP) is 2.57. The van der Waals surface area contributed by atoms with E-state index in [1.807, 2.05) is 24.3 Å². The van der Waals surface area contributed by atoms with Crippen LogP contribution in [0.25, 0.3) is 0 Å². The molecule has 2 amide bonds. The van der Waals surface area contributed by atoms with E-state index >= 15 is 0 Å². The van der Waals surface area contributed by atoms with E-state index in [9.17, 15) is 14.0 Å². The zero-order valence-corrected chi connectivity index (χ0v) is 11.8. The predicted molar refractivity (Wildman–Crippen MR) is 80.7 cm³/mol. The SMILES string of the molecule is O=C(CC1C(=O)Nc2ccccc21)NCc1ccccc1F. The van der Waals surface area contributed by atoms with Crippen LogP contribution in [0, 0.1) is 5.82 Å². The first-order valence-electron chi connectivity index (χ1n) is 7.05. The van der Waals surface area contributed by atoms with Gasteiger partial charge in [-0.2, -0.15) is 0 Å². The number of hydrogen-bond donors (Lipinski definition) is 2. The van der Waals surface area contributed by atoms with Gasteiger partial charge < -0.3 is 10.6 Å². The molecule has 1 atom stereocenters. The molecule has 2 N–H and O–H groups in total. The number of nitrogens with one attached hydrogen (secondary N) is 2. The number of hydrogen-bond acceptors (Lipinski definition) is 2. The third kappa shape index (κ3) is 2.83. The number of halogens is 1. The van der Waals surface area contributed by atoms with Crippen LogP contribution < -0.4 is 10.6 Å². The van der Waals surface area contributed by atoms with E-state index in [1.165, 1.54) is 6.07 Å². The van der Waals surface area contributed by atoms with Gasteiger partial charge >= 0.3 is 0 Å². The van der Waals surface area contributed by atoms with Crippen LogP contribution in [0.5, 0.6) is 0 Å². The number of amides is 2. The molecule has 2 aromatic rings. The smallest absolute Gasteiger partial charge is 0.232 e. The summed E-state index contributed by atoms with van der Waals surface area (Å²) in [5.41, 5.74) is 2.00. The standard InChI is InChI=1S/C17H15FN2O2/c18-14-7-3-1-5-11(14)10-19-16(21)9-13-12-6-2-4-8-15(12)20-17(13)22/h1-8,13H,9-10H2,(H,19,21)(H,20,22). The van der Waals surface area contributed by atoms with Crippen molar-refractivity contribution in [3.8, 4) is 0 Å². The maximum absolute atomic E-state index is 13.5. The Labute approximate surface area is 127 Å². The van der Waals surface area contributed by atoms with E-state index in [2.05, 4.69) is 10.6 Å². The Kier molecular flexibility index (Phi) is 3.87. The summed E-state index contributed by atoms with van der Waals surface area (Å²) >= 11 is 0. The molecule has 0 aliphatic carbocycles. The molecule has 1 unspecified atom stereocenters. The van der Waals surface area contributed by atoms with Crippen molar-refractivity contribution < 1.29 is 14.0 Å². The normalized spacial score (nSPS) is 16.0. The second kappa shape index (κ2) is 5.97. The Morgan fingerprint density at radius 2 is 1.86 bits per heavy atom. The lowest BCUT2D eigenvalue weighted by molar-refractivity contribution is -0.125. The van der Waals surface area contributed by atoms with Crippen molar-refractivity contribution in [1.82, 2.24) is 5.32 Å². The average Bonchev–Trinajstić information content (AvgIpc) is 2.83. The van der Waals surface area contributed by atoms with Gasteiger partial charge in [0.1, 0.15) is 5.82 Å². The monoisotopic (exact) mass is 298 g/mol. The third-order valence-corrected chi connectivity index (χ3v) is 3.73. The molecular formula is C17H15FN2O2. The molecule has 2 aromatic carbocycles. The fourth-order valence-electron chi connectivity index (χ4n) is 2.57. The maximum atomic E-state index is 13.5. The summed E-state index contributed by atoms with van der Waals surface area (Å²) in [5, 5.41) is 5.42. The molecule has 5 heteroatoms. The summed E-state index contributed by atoms with van der Waals surface area (Å²) in [6, 6.07) is 13.6. The van der Waals surface area contributed by atoms with E-state index in [0.29, 0.717) is 5.56 Å². The quantitative estimate of drug-likeness (QED) is 0.911. The minimum Gasteiger partial charge on any atom is -0.352 e. The lowest BCUT2D eigenvalue weighted by Gasteiger charge is -2.10. The van der Waals surface area contributed by atoms with Gasteiger partial charge in [-0.3, -0.25) is 9.59 Å². The van der Waals surface area contributed by atoms with E-state index in [-0.39, 0.29) is 30.6 Å². The van der Waals surface area contributed by atoms with E-state index in [0.717, 1.165) is 11.3 Å². The topological polar surface area (TPSA) is 58.2 Å². The van der Waals surface area contributed by atoms with Gasteiger partial charge in [-0.1, -0.05) is 36.4 Å². The van der Waals surface area contributed by atoms with Gasteiger partial charge in [0.15, 0.2) is 0 Å². The van der Waals surface area contributed by atoms with Crippen LogP contribution in [0.15, 0.2) is 48.5 Å². The van der Waals surface area contributed by atoms with E-state index in [4.69, 9.17) is 0 Å². The van der Waals surface area contributed by atoms with Gasteiger partial charge in [-0.25, -0.2) is 4.39 Å². The second-order valence-corrected chi connectivity index (χ2v) is 5.20. The highest BCUT2D eigenvalue weighted by atomic mass is 19.1. The first kappa shape index (κ1) is 14.3. The summed E-state index contributed by atoms with van der Waals surface area (Å²) in [6.45, 7) is 0.113. The lowest BCUT2D eigenvalue weighted by Crippen LogP contribution is -2.27. The molecule has 22 heavy (non-hydrogen) atoms. The number of benzene rings is 2. The minimum absolute atomic E-state index is 0.0529. The fourth-order valence-corrected chi connectivity index (χ4v) is 2.57. The van der Waals surface area contributed by atoms with Crippen molar-refractivity contribution in [3.05, 3.63) is 65.5 Å². The van der Waals surface area contributed by atoms with Gasteiger partial charge in [0.2, 0.25) is 11.8 Å². The molecule has 112 valence electrons. The van der Waals surface area contributed by atoms with E-state index < -0.39 is 5.92 Å². The van der Waals surface area contributed by atoms with Gasteiger partial charge in [0.05, 0.1) is 5.92 Å². The summed E-state index contributed by atoms with van der Waals surface area (Å²) in [5.74, 6) is -1.30. The molecule has 0 bridgehead atoms. The van der Waals surface area contributed by atoms with Crippen LogP contribution in [0.4, 0.5) is 10.1 Å². The van der Waals surface area contributed by atoms with Crippen molar-refractivity contribution in [2.24, 2.45) is 0 Å². The highest BCUT2D eigenvalue weighted by Crippen LogP contribution is 2.34. The average molecular weight is 298 g/mol. The number of carbonyl (C=O) groups excluding carboxylic acids is 2. The Morgan fingerprint density at radius 3 is 2.68 bits per heavy atom. The number of carbonyl (C=O) groups is 2. The molecule has 3 rings (SSSR count). The first-order chi connectivity index (χ1) is 10.6. The molecule has 1 aliphatic rings. The molecular weight excluding hydrogens is 283 g/mol. The largest absolute Gasteiger partial charge is 0.352 e. The van der Waals surface area contributed by atoms with Crippen molar-refractivity contribution in [2.75, 3.05) is 5.32 Å². The highest BCUT2D eigenvalue weighted by molar-refractivity contribution is 6.04. The minimum atomic E-state index is -0.489. The molecule has 0 fully saturated rings. The lowest BCUT2D eigenvalue weighted by atomic mass is 9.97. The number of rotatable bonds is 4. The Hall–Kier alpha value is -2.69. The van der Waals surface area contributed by atoms with Crippen LogP contribution in [0.3, 0.4) is 0 Å². The van der Waals surface area contributed by atoms with Crippen LogP contribution in [0.2, 0.25) is 0 Å². The summed E-state index contributed by atoms with van der Waals surface area (Å²) in [7, 11) is 0. The highest BCUT2D eigenvalue weighted by Gasteiger charge is 2.31. The Balaban J connectivity index is 1.63. The van der Waals surface area contributed by atoms with Crippen LogP contribution in [-0.4, -0.2) is 11.8 Å². The van der Waals surface area contributed by atoms with Crippen LogP contribution >= 0.6 is 0 Å². The molecule has 0 aromatic heterocycles. The molecule has 1 heterocycles. The zero-order valence-electron chi connectivity index (χ0n) is 11.8. The third-order valence-electron chi connectivity index (χ3n) is 3.73. The molecule has 0 saturated heterocycles.